The lowest BCUT2D eigenvalue weighted by Crippen LogP contribution is -2.48. The Morgan fingerprint density at radius 1 is 0.900 bits per heavy atom. The smallest absolute Gasteiger partial charge is 0.322 e. The van der Waals surface area contributed by atoms with E-state index in [0.717, 1.165) is 30.0 Å². The lowest BCUT2D eigenvalue weighted by Gasteiger charge is -2.31. The molecule has 0 radical (unpaired) electrons. The van der Waals surface area contributed by atoms with Gasteiger partial charge >= 0.3 is 6.03 Å². The monoisotopic (exact) mass is 548 g/mol. The Balaban J connectivity index is 1.32. The van der Waals surface area contributed by atoms with Crippen LogP contribution in [-0.4, -0.2) is 79.4 Å². The molecule has 212 valence electrons. The third-order valence-corrected chi connectivity index (χ3v) is 7.01. The fourth-order valence-electron chi connectivity index (χ4n) is 4.69. The van der Waals surface area contributed by atoms with Crippen molar-refractivity contribution in [3.05, 3.63) is 77.2 Å². The summed E-state index contributed by atoms with van der Waals surface area (Å²) in [6.45, 7) is 8.56. The van der Waals surface area contributed by atoms with Crippen LogP contribution < -0.4 is 14.8 Å². The first-order valence-electron chi connectivity index (χ1n) is 13.6. The first kappa shape index (κ1) is 27.5. The molecule has 0 saturated carbocycles. The summed E-state index contributed by atoms with van der Waals surface area (Å²) in [5, 5.41) is 2.96. The van der Waals surface area contributed by atoms with Gasteiger partial charge in [0.05, 0.1) is 19.8 Å². The van der Waals surface area contributed by atoms with Gasteiger partial charge in [0.15, 0.2) is 11.5 Å². The number of ether oxygens (including phenoxy) is 3. The number of hydrogen-bond donors (Lipinski definition) is 1. The molecule has 0 unspecified atom stereocenters. The van der Waals surface area contributed by atoms with Crippen molar-refractivity contribution in [1.29, 1.82) is 0 Å². The molecule has 2 aliphatic rings. The first-order valence-corrected chi connectivity index (χ1v) is 13.6. The standard InChI is InChI=1S/C30H36N4O6/c1-22-3-7-25(8-4-22)31-30(36)33(12-11-32-13-15-37-16-14-32)20-29(35)34(19-26-9-5-23(2)40-26)18-24-6-10-27-28(17-24)39-21-38-27/h3-10,17H,11-16,18-21H2,1-2H3,(H,31,36). The van der Waals surface area contributed by atoms with Crippen molar-refractivity contribution in [1.82, 2.24) is 14.7 Å². The summed E-state index contributed by atoms with van der Waals surface area (Å²) in [5.41, 5.74) is 2.68. The van der Waals surface area contributed by atoms with E-state index in [4.69, 9.17) is 18.6 Å². The van der Waals surface area contributed by atoms with Gasteiger partial charge in [-0.05, 0) is 55.8 Å². The number of urea groups is 1. The van der Waals surface area contributed by atoms with Crippen LogP contribution in [0.25, 0.3) is 0 Å². The highest BCUT2D eigenvalue weighted by Crippen LogP contribution is 2.33. The third kappa shape index (κ3) is 7.34. The Kier molecular flexibility index (Phi) is 8.87. The van der Waals surface area contributed by atoms with Crippen LogP contribution in [-0.2, 0) is 22.6 Å². The zero-order valence-electron chi connectivity index (χ0n) is 23.1. The van der Waals surface area contributed by atoms with Crippen molar-refractivity contribution in [2.24, 2.45) is 0 Å². The topological polar surface area (TPSA) is 96.7 Å². The number of carbonyl (C=O) groups excluding carboxylic acids is 2. The molecule has 40 heavy (non-hydrogen) atoms. The number of morpholine rings is 1. The van der Waals surface area contributed by atoms with E-state index in [2.05, 4.69) is 10.2 Å². The molecule has 0 aliphatic carbocycles. The normalized spacial score (nSPS) is 14.7. The van der Waals surface area contributed by atoms with E-state index in [1.807, 2.05) is 68.4 Å². The third-order valence-electron chi connectivity index (χ3n) is 7.01. The number of nitrogens with zero attached hydrogens (tertiary/aromatic N) is 3. The molecule has 0 spiro atoms. The largest absolute Gasteiger partial charge is 0.464 e. The predicted molar refractivity (Wildman–Crippen MR) is 149 cm³/mol. The van der Waals surface area contributed by atoms with Crippen molar-refractivity contribution in [3.8, 4) is 11.5 Å². The van der Waals surface area contributed by atoms with Gasteiger partial charge in [-0.2, -0.15) is 0 Å². The summed E-state index contributed by atoms with van der Waals surface area (Å²) < 4.78 is 22.2. The molecule has 3 aromatic rings. The summed E-state index contributed by atoms with van der Waals surface area (Å²) >= 11 is 0. The lowest BCUT2D eigenvalue weighted by molar-refractivity contribution is -0.133. The fraction of sp³-hybridized carbons (Fsp3) is 0.400. The van der Waals surface area contributed by atoms with E-state index >= 15 is 0 Å². The SMILES string of the molecule is Cc1ccc(NC(=O)N(CCN2CCOCC2)CC(=O)N(Cc2ccc3c(c2)OCO3)Cc2ccc(C)o2)cc1. The maximum absolute atomic E-state index is 13.8. The maximum Gasteiger partial charge on any atom is 0.322 e. The van der Waals surface area contributed by atoms with E-state index in [9.17, 15) is 9.59 Å². The van der Waals surface area contributed by atoms with E-state index in [1.165, 1.54) is 0 Å². The van der Waals surface area contributed by atoms with Gasteiger partial charge in [0.2, 0.25) is 12.7 Å². The van der Waals surface area contributed by atoms with Crippen LogP contribution in [0.1, 0.15) is 22.6 Å². The van der Waals surface area contributed by atoms with Crippen LogP contribution in [0.15, 0.2) is 59.0 Å². The van der Waals surface area contributed by atoms with Gasteiger partial charge in [0.1, 0.15) is 18.1 Å². The fourth-order valence-corrected chi connectivity index (χ4v) is 4.69. The summed E-state index contributed by atoms with van der Waals surface area (Å²) in [5.74, 6) is 2.60. The molecule has 5 rings (SSSR count). The molecule has 10 heteroatoms. The van der Waals surface area contributed by atoms with Crippen LogP contribution in [0.2, 0.25) is 0 Å². The molecule has 0 atom stereocenters. The molecular weight excluding hydrogens is 512 g/mol. The number of nitrogens with one attached hydrogen (secondary N) is 1. The molecule has 1 aromatic heterocycles. The number of fused-ring (bicyclic) bond motifs is 1. The quantitative estimate of drug-likeness (QED) is 0.409. The minimum atomic E-state index is -0.317. The molecule has 2 aromatic carbocycles. The zero-order chi connectivity index (χ0) is 27.9. The number of furan rings is 1. The predicted octanol–water partition coefficient (Wildman–Crippen LogP) is 4.02. The zero-order valence-corrected chi connectivity index (χ0v) is 23.1. The van der Waals surface area contributed by atoms with Gasteiger partial charge in [-0.1, -0.05) is 23.8 Å². The maximum atomic E-state index is 13.8. The lowest BCUT2D eigenvalue weighted by atomic mass is 10.2. The Bertz CT molecular complexity index is 1300. The van der Waals surface area contributed by atoms with E-state index in [1.54, 1.807) is 9.80 Å². The second-order valence-electron chi connectivity index (χ2n) is 10.1. The van der Waals surface area contributed by atoms with Crippen molar-refractivity contribution in [2.75, 3.05) is 58.0 Å². The minimum Gasteiger partial charge on any atom is -0.464 e. The second-order valence-corrected chi connectivity index (χ2v) is 10.1. The molecule has 10 nitrogen and oxygen atoms in total. The van der Waals surface area contributed by atoms with Crippen LogP contribution in [0.4, 0.5) is 10.5 Å². The number of aryl methyl sites for hydroxylation is 2. The van der Waals surface area contributed by atoms with Crippen molar-refractivity contribution < 1.29 is 28.2 Å². The van der Waals surface area contributed by atoms with Gasteiger partial charge in [-0.25, -0.2) is 4.79 Å². The van der Waals surface area contributed by atoms with E-state index in [0.29, 0.717) is 55.8 Å². The molecule has 1 saturated heterocycles. The van der Waals surface area contributed by atoms with Crippen LogP contribution in [0, 0.1) is 13.8 Å². The van der Waals surface area contributed by atoms with E-state index in [-0.39, 0.29) is 31.8 Å². The van der Waals surface area contributed by atoms with Crippen LogP contribution in [0.3, 0.4) is 0 Å². The highest BCUT2D eigenvalue weighted by molar-refractivity contribution is 5.92. The highest BCUT2D eigenvalue weighted by atomic mass is 16.7. The average molecular weight is 549 g/mol. The molecule has 1 N–H and O–H groups in total. The molecule has 2 aliphatic heterocycles. The number of amides is 3. The van der Waals surface area contributed by atoms with Gasteiger partial charge in [0.25, 0.3) is 0 Å². The molecular formula is C30H36N4O6. The van der Waals surface area contributed by atoms with Crippen molar-refractivity contribution >= 4 is 17.6 Å². The van der Waals surface area contributed by atoms with Crippen molar-refractivity contribution in [3.63, 3.8) is 0 Å². The minimum absolute atomic E-state index is 0.0771. The Labute approximate surface area is 234 Å². The van der Waals surface area contributed by atoms with E-state index < -0.39 is 0 Å². The summed E-state index contributed by atoms with van der Waals surface area (Å²) in [4.78, 5) is 32.8. The first-order chi connectivity index (χ1) is 19.4. The number of rotatable bonds is 10. The molecule has 3 amide bonds. The van der Waals surface area contributed by atoms with Gasteiger partial charge in [-0.3, -0.25) is 9.69 Å². The van der Waals surface area contributed by atoms with Crippen LogP contribution in [0.5, 0.6) is 11.5 Å². The summed E-state index contributed by atoms with van der Waals surface area (Å²) in [7, 11) is 0. The highest BCUT2D eigenvalue weighted by Gasteiger charge is 2.25. The van der Waals surface area contributed by atoms with Crippen LogP contribution >= 0.6 is 0 Å². The number of anilines is 1. The summed E-state index contributed by atoms with van der Waals surface area (Å²) in [6, 6.07) is 16.7. The second kappa shape index (κ2) is 12.9. The Morgan fingerprint density at radius 3 is 2.42 bits per heavy atom. The van der Waals surface area contributed by atoms with Gasteiger partial charge in [-0.15, -0.1) is 0 Å². The number of carbonyl (C=O) groups is 2. The Morgan fingerprint density at radius 2 is 1.68 bits per heavy atom. The van der Waals surface area contributed by atoms with Gasteiger partial charge in [0, 0.05) is 38.4 Å². The molecule has 0 bridgehead atoms. The average Bonchev–Trinajstić information content (AvgIpc) is 3.60. The number of hydrogen-bond acceptors (Lipinski definition) is 7. The Hall–Kier alpha value is -4.02. The van der Waals surface area contributed by atoms with Gasteiger partial charge < -0.3 is 33.7 Å². The van der Waals surface area contributed by atoms with Crippen molar-refractivity contribution in [2.45, 2.75) is 26.9 Å². The number of benzene rings is 2. The molecule has 1 fully saturated rings. The summed E-state index contributed by atoms with van der Waals surface area (Å²) in [6.07, 6.45) is 0. The molecule has 3 heterocycles.